The van der Waals surface area contributed by atoms with E-state index >= 15 is 0 Å². The number of nitrogens with one attached hydrogen (secondary N) is 2. The predicted molar refractivity (Wildman–Crippen MR) is 95.1 cm³/mol. The third-order valence-electron chi connectivity index (χ3n) is 3.43. The number of nitrogens with zero attached hydrogens (tertiary/aromatic N) is 1. The summed E-state index contributed by atoms with van der Waals surface area (Å²) in [4.78, 5) is 12.1. The monoisotopic (exact) mass is 337 g/mol. The Labute approximate surface area is 146 Å². The highest BCUT2D eigenvalue weighted by molar-refractivity contribution is 6.06. The molecule has 0 bridgehead atoms. The van der Waals surface area contributed by atoms with Crippen LogP contribution in [0.25, 0.3) is 0 Å². The topological polar surface area (TPSA) is 94.4 Å². The average molecular weight is 337 g/mol. The van der Waals surface area contributed by atoms with Crippen molar-refractivity contribution in [3.05, 3.63) is 65.9 Å². The molecule has 2 aromatic rings. The van der Waals surface area contributed by atoms with Crippen molar-refractivity contribution in [1.82, 2.24) is 5.32 Å². The number of methoxy groups -OCH3 is 1. The smallest absolute Gasteiger partial charge is 0.267 e. The van der Waals surface area contributed by atoms with Crippen molar-refractivity contribution in [3.63, 3.8) is 0 Å². The van der Waals surface area contributed by atoms with Crippen molar-refractivity contribution >= 4 is 11.6 Å². The fraction of sp³-hybridized carbons (Fsp3) is 0.158. The van der Waals surface area contributed by atoms with Gasteiger partial charge in [0.05, 0.1) is 7.11 Å². The number of anilines is 1. The predicted octanol–water partition coefficient (Wildman–Crippen LogP) is 2.58. The van der Waals surface area contributed by atoms with Gasteiger partial charge in [-0.2, -0.15) is 5.26 Å². The van der Waals surface area contributed by atoms with Gasteiger partial charge in [0.15, 0.2) is 0 Å². The zero-order valence-electron chi connectivity index (χ0n) is 13.8. The van der Waals surface area contributed by atoms with Crippen molar-refractivity contribution in [2.24, 2.45) is 0 Å². The van der Waals surface area contributed by atoms with Gasteiger partial charge in [-0.1, -0.05) is 18.2 Å². The van der Waals surface area contributed by atoms with Gasteiger partial charge in [-0.3, -0.25) is 4.79 Å². The van der Waals surface area contributed by atoms with Crippen LogP contribution in [-0.4, -0.2) is 24.7 Å². The molecule has 2 aromatic carbocycles. The van der Waals surface area contributed by atoms with Gasteiger partial charge in [0.2, 0.25) is 0 Å². The summed E-state index contributed by atoms with van der Waals surface area (Å²) in [6.45, 7) is 0.580. The zero-order chi connectivity index (χ0) is 18.1. The minimum Gasteiger partial charge on any atom is -0.508 e. The molecule has 0 aliphatic heterocycles. The molecule has 0 fully saturated rings. The lowest BCUT2D eigenvalue weighted by atomic mass is 10.1. The van der Waals surface area contributed by atoms with Gasteiger partial charge in [-0.15, -0.1) is 0 Å². The number of ether oxygens (including phenoxy) is 1. The van der Waals surface area contributed by atoms with E-state index < -0.39 is 5.91 Å². The Hall–Kier alpha value is -3.46. The Morgan fingerprint density at radius 2 is 2.04 bits per heavy atom. The van der Waals surface area contributed by atoms with Crippen LogP contribution < -0.4 is 15.4 Å². The van der Waals surface area contributed by atoms with Gasteiger partial charge >= 0.3 is 0 Å². The van der Waals surface area contributed by atoms with E-state index in [1.807, 2.05) is 30.3 Å². The van der Waals surface area contributed by atoms with Gasteiger partial charge in [0, 0.05) is 24.5 Å². The number of benzene rings is 2. The molecule has 0 radical (unpaired) electrons. The lowest BCUT2D eigenvalue weighted by molar-refractivity contribution is -0.112. The van der Waals surface area contributed by atoms with E-state index in [-0.39, 0.29) is 11.3 Å². The number of hydrogen-bond acceptors (Lipinski definition) is 5. The van der Waals surface area contributed by atoms with Gasteiger partial charge in [-0.25, -0.2) is 0 Å². The summed E-state index contributed by atoms with van der Waals surface area (Å²) in [6, 6.07) is 15.7. The van der Waals surface area contributed by atoms with Crippen LogP contribution in [0, 0.1) is 11.3 Å². The third kappa shape index (κ3) is 5.59. The van der Waals surface area contributed by atoms with Crippen LogP contribution in [0.3, 0.4) is 0 Å². The average Bonchev–Trinajstić information content (AvgIpc) is 2.62. The highest BCUT2D eigenvalue weighted by atomic mass is 16.5. The maximum Gasteiger partial charge on any atom is 0.267 e. The van der Waals surface area contributed by atoms with E-state index in [1.165, 1.54) is 18.3 Å². The van der Waals surface area contributed by atoms with Crippen LogP contribution in [0.1, 0.15) is 5.56 Å². The first kappa shape index (κ1) is 17.9. The quantitative estimate of drug-likeness (QED) is 0.410. The Morgan fingerprint density at radius 1 is 1.28 bits per heavy atom. The second kappa shape index (κ2) is 8.99. The van der Waals surface area contributed by atoms with Crippen LogP contribution in [0.4, 0.5) is 5.69 Å². The zero-order valence-corrected chi connectivity index (χ0v) is 13.8. The van der Waals surface area contributed by atoms with Gasteiger partial charge in [0.1, 0.15) is 23.1 Å². The van der Waals surface area contributed by atoms with Crippen molar-refractivity contribution in [3.8, 4) is 17.6 Å². The number of carbonyl (C=O) groups is 1. The number of amides is 1. The van der Waals surface area contributed by atoms with E-state index in [2.05, 4.69) is 10.6 Å². The summed E-state index contributed by atoms with van der Waals surface area (Å²) in [5.41, 5.74) is 1.49. The first-order chi connectivity index (χ1) is 12.1. The molecule has 0 saturated heterocycles. The molecule has 25 heavy (non-hydrogen) atoms. The molecule has 128 valence electrons. The minimum atomic E-state index is -0.537. The van der Waals surface area contributed by atoms with Gasteiger partial charge in [0.25, 0.3) is 5.91 Å². The molecule has 1 amide bonds. The summed E-state index contributed by atoms with van der Waals surface area (Å²) in [5, 5.41) is 24.0. The molecule has 0 spiro atoms. The number of aromatic hydroxyl groups is 1. The number of rotatable bonds is 7. The van der Waals surface area contributed by atoms with Crippen LogP contribution in [0.15, 0.2) is 60.3 Å². The normalized spacial score (nSPS) is 10.6. The van der Waals surface area contributed by atoms with Crippen molar-refractivity contribution < 1.29 is 14.6 Å². The number of carbonyl (C=O) groups excluding carboxylic acids is 1. The molecule has 6 heteroatoms. The molecular formula is C19H19N3O3. The maximum absolute atomic E-state index is 12.1. The van der Waals surface area contributed by atoms with Crippen molar-refractivity contribution in [1.29, 1.82) is 5.26 Å². The highest BCUT2D eigenvalue weighted by Gasteiger charge is 2.09. The maximum atomic E-state index is 12.1. The number of nitriles is 1. The molecule has 0 aromatic heterocycles. The molecule has 2 rings (SSSR count). The summed E-state index contributed by atoms with van der Waals surface area (Å²) < 4.78 is 5.10. The van der Waals surface area contributed by atoms with E-state index in [4.69, 9.17) is 10.00 Å². The largest absolute Gasteiger partial charge is 0.508 e. The number of phenols is 1. The summed E-state index contributed by atoms with van der Waals surface area (Å²) in [6.07, 6.45) is 2.13. The van der Waals surface area contributed by atoms with E-state index in [0.29, 0.717) is 12.2 Å². The summed E-state index contributed by atoms with van der Waals surface area (Å²) in [5.74, 6) is 0.301. The van der Waals surface area contributed by atoms with Crippen molar-refractivity contribution in [2.75, 3.05) is 19.0 Å². The molecular weight excluding hydrogens is 318 g/mol. The number of hydrogen-bond donors (Lipinski definition) is 3. The fourth-order valence-corrected chi connectivity index (χ4v) is 2.11. The fourth-order valence-electron chi connectivity index (χ4n) is 2.11. The molecule has 0 aliphatic carbocycles. The van der Waals surface area contributed by atoms with E-state index in [1.54, 1.807) is 19.2 Å². The molecule has 0 aliphatic rings. The second-order valence-electron chi connectivity index (χ2n) is 5.23. The minimum absolute atomic E-state index is 0.0397. The molecule has 3 N–H and O–H groups in total. The molecule has 6 nitrogen and oxygen atoms in total. The Balaban J connectivity index is 1.86. The van der Waals surface area contributed by atoms with Crippen LogP contribution in [0.2, 0.25) is 0 Å². The first-order valence-corrected chi connectivity index (χ1v) is 7.69. The lowest BCUT2D eigenvalue weighted by Gasteiger charge is -2.06. The van der Waals surface area contributed by atoms with Crippen molar-refractivity contribution in [2.45, 2.75) is 6.42 Å². The Morgan fingerprint density at radius 3 is 2.68 bits per heavy atom. The van der Waals surface area contributed by atoms with Crippen LogP contribution >= 0.6 is 0 Å². The highest BCUT2D eigenvalue weighted by Crippen LogP contribution is 2.16. The molecule has 0 saturated carbocycles. The van der Waals surface area contributed by atoms with Crippen LogP contribution in [-0.2, 0) is 11.2 Å². The summed E-state index contributed by atoms with van der Waals surface area (Å²) >= 11 is 0. The molecule has 0 heterocycles. The van der Waals surface area contributed by atoms with Gasteiger partial charge < -0.3 is 20.5 Å². The van der Waals surface area contributed by atoms with E-state index in [0.717, 1.165) is 17.7 Å². The Kier molecular flexibility index (Phi) is 6.43. The SMILES string of the molecule is COc1ccc(CCN/C=C(/C#N)C(=O)Nc2cccc(O)c2)cc1. The standard InChI is InChI=1S/C19H19N3O3/c1-25-18-7-5-14(6-8-18)9-10-21-13-15(12-20)19(24)22-16-3-2-4-17(23)11-16/h2-8,11,13,21,23H,9-10H2,1H3,(H,22,24)/b15-13-. The second-order valence-corrected chi connectivity index (χ2v) is 5.23. The molecule has 0 atom stereocenters. The first-order valence-electron chi connectivity index (χ1n) is 7.69. The van der Waals surface area contributed by atoms with E-state index in [9.17, 15) is 9.90 Å². The van der Waals surface area contributed by atoms with Gasteiger partial charge in [-0.05, 0) is 36.2 Å². The van der Waals surface area contributed by atoms with Crippen LogP contribution in [0.5, 0.6) is 11.5 Å². The molecule has 0 unspecified atom stereocenters. The summed E-state index contributed by atoms with van der Waals surface area (Å²) in [7, 11) is 1.62. The lowest BCUT2D eigenvalue weighted by Crippen LogP contribution is -2.17. The number of phenolic OH excluding ortho intramolecular Hbond substituents is 1. The Bertz CT molecular complexity index is 792. The third-order valence-corrected chi connectivity index (χ3v) is 3.43.